The van der Waals surface area contributed by atoms with Crippen LogP contribution in [0.15, 0.2) is 46.1 Å². The molecule has 0 radical (unpaired) electrons. The topological polar surface area (TPSA) is 125 Å². The first-order valence-corrected chi connectivity index (χ1v) is 12.3. The number of aryl methyl sites for hydroxylation is 2. The van der Waals surface area contributed by atoms with E-state index in [0.29, 0.717) is 35.7 Å². The average Bonchev–Trinajstić information content (AvgIpc) is 3.39. The van der Waals surface area contributed by atoms with Crippen LogP contribution in [0.3, 0.4) is 0 Å². The van der Waals surface area contributed by atoms with Crippen molar-refractivity contribution in [1.82, 2.24) is 19.0 Å². The third kappa shape index (κ3) is 4.66. The summed E-state index contributed by atoms with van der Waals surface area (Å²) in [5.41, 5.74) is 1.94. The maximum Gasteiger partial charge on any atom is 0.309 e. The van der Waals surface area contributed by atoms with Gasteiger partial charge in [-0.05, 0) is 51.8 Å². The molecular weight excluding hydrogens is 460 g/mol. The van der Waals surface area contributed by atoms with E-state index >= 15 is 0 Å². The Balaban J connectivity index is 1.34. The molecule has 0 N–H and O–H groups in total. The summed E-state index contributed by atoms with van der Waals surface area (Å²) >= 11 is 0. The average molecular weight is 487 g/mol. The van der Waals surface area contributed by atoms with E-state index in [9.17, 15) is 18.0 Å². The van der Waals surface area contributed by atoms with E-state index in [2.05, 4.69) is 10.1 Å². The monoisotopic (exact) mass is 486 g/mol. The summed E-state index contributed by atoms with van der Waals surface area (Å²) in [5.74, 6) is -0.0315. The highest BCUT2D eigenvalue weighted by Crippen LogP contribution is 2.25. The van der Waals surface area contributed by atoms with Crippen LogP contribution in [0, 0.1) is 26.7 Å². The lowest BCUT2D eigenvalue weighted by Crippen LogP contribution is -2.40. The zero-order valence-electron chi connectivity index (χ0n) is 19.2. The number of sulfonamides is 1. The minimum Gasteiger partial charge on any atom is -0.457 e. The second-order valence-electron chi connectivity index (χ2n) is 8.31. The Morgan fingerprint density at radius 3 is 2.53 bits per heavy atom. The number of hydrogen-bond acceptors (Lipinski definition) is 8. The fourth-order valence-electron chi connectivity index (χ4n) is 4.17. The molecule has 0 amide bonds. The van der Waals surface area contributed by atoms with Crippen molar-refractivity contribution in [2.24, 2.45) is 5.92 Å². The Morgan fingerprint density at radius 2 is 1.91 bits per heavy atom. The molecule has 180 valence electrons. The molecule has 4 rings (SSSR count). The van der Waals surface area contributed by atoms with Gasteiger partial charge in [0.25, 0.3) is 0 Å². The number of nitrogens with zero attached hydrogens (tertiary/aromatic N) is 4. The van der Waals surface area contributed by atoms with Crippen LogP contribution in [0.2, 0.25) is 0 Å². The smallest absolute Gasteiger partial charge is 0.309 e. The maximum absolute atomic E-state index is 12.8. The van der Waals surface area contributed by atoms with Gasteiger partial charge < -0.3 is 9.26 Å². The number of carbonyl (C=O) groups excluding carboxylic acids is 2. The van der Waals surface area contributed by atoms with E-state index in [4.69, 9.17) is 9.26 Å². The summed E-state index contributed by atoms with van der Waals surface area (Å²) in [4.78, 5) is 29.3. The molecule has 0 atom stereocenters. The molecular formula is C23H26N4O6S. The van der Waals surface area contributed by atoms with Gasteiger partial charge in [-0.1, -0.05) is 5.16 Å². The van der Waals surface area contributed by atoms with Crippen molar-refractivity contribution in [3.05, 3.63) is 59.4 Å². The number of carbonyl (C=O) groups is 2. The van der Waals surface area contributed by atoms with Crippen LogP contribution in [0.5, 0.6) is 0 Å². The van der Waals surface area contributed by atoms with Gasteiger partial charge in [0.2, 0.25) is 15.8 Å². The number of hydrogen-bond donors (Lipinski definition) is 0. The van der Waals surface area contributed by atoms with Crippen LogP contribution in [0.4, 0.5) is 0 Å². The Kier molecular flexibility index (Phi) is 6.67. The number of rotatable bonds is 7. The summed E-state index contributed by atoms with van der Waals surface area (Å²) in [6.07, 6.45) is 3.47. The second kappa shape index (κ2) is 9.51. The molecule has 0 aromatic carbocycles. The highest BCUT2D eigenvalue weighted by Gasteiger charge is 2.33. The number of esters is 1. The minimum atomic E-state index is -3.65. The molecule has 10 nitrogen and oxygen atoms in total. The summed E-state index contributed by atoms with van der Waals surface area (Å²) in [5, 5.41) is 4.00. The Hall–Kier alpha value is -3.31. The molecule has 0 aliphatic carbocycles. The quantitative estimate of drug-likeness (QED) is 0.369. The van der Waals surface area contributed by atoms with E-state index in [0.717, 1.165) is 5.69 Å². The van der Waals surface area contributed by atoms with E-state index < -0.39 is 21.9 Å². The largest absolute Gasteiger partial charge is 0.457 e. The zero-order chi connectivity index (χ0) is 24.5. The van der Waals surface area contributed by atoms with Gasteiger partial charge in [0, 0.05) is 48.5 Å². The van der Waals surface area contributed by atoms with Crippen LogP contribution in [-0.2, 0) is 19.6 Å². The molecule has 0 unspecified atom stereocenters. The van der Waals surface area contributed by atoms with Gasteiger partial charge >= 0.3 is 5.97 Å². The molecule has 0 bridgehead atoms. The summed E-state index contributed by atoms with van der Waals surface area (Å²) < 4.78 is 39.0. The van der Waals surface area contributed by atoms with Gasteiger partial charge in [0.1, 0.15) is 10.7 Å². The van der Waals surface area contributed by atoms with Gasteiger partial charge in [-0.2, -0.15) is 4.31 Å². The predicted molar refractivity (Wildman–Crippen MR) is 121 cm³/mol. The van der Waals surface area contributed by atoms with Gasteiger partial charge in [-0.15, -0.1) is 0 Å². The van der Waals surface area contributed by atoms with Gasteiger partial charge in [0.05, 0.1) is 5.92 Å². The van der Waals surface area contributed by atoms with E-state index in [1.54, 1.807) is 32.0 Å². The second-order valence-corrected chi connectivity index (χ2v) is 10.3. The van der Waals surface area contributed by atoms with Crippen molar-refractivity contribution in [2.75, 3.05) is 19.7 Å². The van der Waals surface area contributed by atoms with E-state index in [1.165, 1.54) is 22.8 Å². The number of aromatic nitrogens is 3. The fraction of sp³-hybridized carbons (Fsp3) is 0.391. The molecule has 0 saturated carbocycles. The van der Waals surface area contributed by atoms with Crippen molar-refractivity contribution in [3.63, 3.8) is 0 Å². The lowest BCUT2D eigenvalue weighted by Gasteiger charge is -2.29. The molecule has 4 heterocycles. The first-order valence-electron chi connectivity index (χ1n) is 10.9. The van der Waals surface area contributed by atoms with Crippen molar-refractivity contribution >= 4 is 21.8 Å². The maximum atomic E-state index is 12.8. The molecule has 3 aromatic heterocycles. The number of ketones is 1. The van der Waals surface area contributed by atoms with Crippen LogP contribution < -0.4 is 0 Å². The first kappa shape index (κ1) is 23.8. The lowest BCUT2D eigenvalue weighted by molar-refractivity contribution is -0.148. The highest BCUT2D eigenvalue weighted by molar-refractivity contribution is 7.89. The van der Waals surface area contributed by atoms with Crippen LogP contribution in [-0.4, -0.2) is 58.9 Å². The van der Waals surface area contributed by atoms with Crippen molar-refractivity contribution in [3.8, 4) is 5.82 Å². The third-order valence-corrected chi connectivity index (χ3v) is 7.86. The Bertz CT molecular complexity index is 1300. The highest BCUT2D eigenvalue weighted by atomic mass is 32.2. The molecule has 1 fully saturated rings. The zero-order valence-corrected chi connectivity index (χ0v) is 20.0. The van der Waals surface area contributed by atoms with Gasteiger partial charge in [0.15, 0.2) is 12.4 Å². The normalized spacial score (nSPS) is 15.4. The van der Waals surface area contributed by atoms with E-state index in [-0.39, 0.29) is 30.4 Å². The summed E-state index contributed by atoms with van der Waals surface area (Å²) in [6.45, 7) is 5.45. The summed E-state index contributed by atoms with van der Waals surface area (Å²) in [7, 11) is -3.65. The van der Waals surface area contributed by atoms with Gasteiger partial charge in [-0.25, -0.2) is 8.42 Å². The van der Waals surface area contributed by atoms with Crippen LogP contribution in [0.25, 0.3) is 5.82 Å². The molecule has 11 heteroatoms. The van der Waals surface area contributed by atoms with Crippen molar-refractivity contribution in [1.29, 1.82) is 0 Å². The minimum absolute atomic E-state index is 0.125. The number of ether oxygens (including phenoxy) is 1. The first-order chi connectivity index (χ1) is 16.2. The molecule has 1 saturated heterocycles. The molecule has 1 aliphatic rings. The number of pyridine rings is 1. The summed E-state index contributed by atoms with van der Waals surface area (Å²) in [6, 6.07) is 6.57. The van der Waals surface area contributed by atoms with E-state index in [1.807, 2.05) is 11.5 Å². The Morgan fingerprint density at radius 1 is 1.18 bits per heavy atom. The standard InChI is InChI=1S/C23H26N4O6S/c1-15-11-20(17(3)27(15)22-12-16(2)33-25-22)21(28)14-32-23(29)18-6-9-26(10-7-18)34(30,31)19-5-4-8-24-13-19/h4-5,8,11-13,18H,6-7,9-10,14H2,1-3H3. The third-order valence-electron chi connectivity index (χ3n) is 5.98. The lowest BCUT2D eigenvalue weighted by atomic mass is 9.98. The van der Waals surface area contributed by atoms with Crippen LogP contribution in [0.1, 0.15) is 40.3 Å². The molecule has 1 aliphatic heterocycles. The van der Waals surface area contributed by atoms with Crippen LogP contribution >= 0.6 is 0 Å². The SMILES string of the molecule is Cc1cc(-n2c(C)cc(C(=O)COC(=O)C3CCN(S(=O)(=O)c4cccnc4)CC3)c2C)no1. The van der Waals surface area contributed by atoms with Crippen molar-refractivity contribution in [2.45, 2.75) is 38.5 Å². The fourth-order valence-corrected chi connectivity index (χ4v) is 5.60. The molecule has 0 spiro atoms. The predicted octanol–water partition coefficient (Wildman–Crippen LogP) is 2.61. The van der Waals surface area contributed by atoms with Crippen molar-refractivity contribution < 1.29 is 27.3 Å². The number of piperidine rings is 1. The Labute approximate surface area is 197 Å². The number of Topliss-reactive ketones (excluding diaryl/α,β-unsaturated/α-hetero) is 1. The molecule has 3 aromatic rings. The molecule has 34 heavy (non-hydrogen) atoms. The van der Waals surface area contributed by atoms with Gasteiger partial charge in [-0.3, -0.25) is 19.1 Å².